The molecule has 1 saturated heterocycles. The Morgan fingerprint density at radius 2 is 1.81 bits per heavy atom. The number of hydrogen-bond donors (Lipinski definition) is 0. The largest absolute Gasteiger partial charge is 0.485 e. The molecule has 0 saturated carbocycles. The van der Waals surface area contributed by atoms with E-state index in [9.17, 15) is 9.59 Å². The van der Waals surface area contributed by atoms with Crippen LogP contribution in [-0.2, 0) is 11.8 Å². The van der Waals surface area contributed by atoms with E-state index in [1.165, 1.54) is 4.68 Å². The van der Waals surface area contributed by atoms with Gasteiger partial charge in [0, 0.05) is 26.1 Å². The third kappa shape index (κ3) is 3.58. The zero-order valence-corrected chi connectivity index (χ0v) is 17.3. The number of amides is 1. The summed E-state index contributed by atoms with van der Waals surface area (Å²) in [6.45, 7) is 1.33. The van der Waals surface area contributed by atoms with E-state index in [1.54, 1.807) is 17.7 Å². The summed E-state index contributed by atoms with van der Waals surface area (Å²) in [7, 11) is 1.65. The monoisotopic (exact) mass is 420 g/mol. The molecule has 3 aromatic rings. The van der Waals surface area contributed by atoms with Crippen LogP contribution in [0.15, 0.2) is 59.4 Å². The highest BCUT2D eigenvalue weighted by atomic mass is 16.6. The molecule has 0 N–H and O–H groups in total. The minimum Gasteiger partial charge on any atom is -0.485 e. The van der Waals surface area contributed by atoms with Crippen LogP contribution in [0, 0.1) is 0 Å². The Morgan fingerprint density at radius 1 is 1.06 bits per heavy atom. The van der Waals surface area contributed by atoms with Crippen molar-refractivity contribution < 1.29 is 14.3 Å². The number of carbonyl (C=O) groups excluding carboxylic acids is 1. The summed E-state index contributed by atoms with van der Waals surface area (Å²) in [5.74, 6) is 1.79. The average Bonchev–Trinajstić information content (AvgIpc) is 3.13. The minimum absolute atomic E-state index is 0.0383. The molecule has 3 heterocycles. The highest BCUT2D eigenvalue weighted by Gasteiger charge is 2.35. The Morgan fingerprint density at radius 3 is 2.61 bits per heavy atom. The van der Waals surface area contributed by atoms with Crippen molar-refractivity contribution in [3.63, 3.8) is 0 Å². The van der Waals surface area contributed by atoms with Crippen molar-refractivity contribution in [1.29, 1.82) is 0 Å². The Labute approximate surface area is 179 Å². The van der Waals surface area contributed by atoms with Gasteiger partial charge < -0.3 is 14.4 Å². The normalized spacial score (nSPS) is 20.5. The summed E-state index contributed by atoms with van der Waals surface area (Å²) >= 11 is 0. The van der Waals surface area contributed by atoms with Gasteiger partial charge in [0.25, 0.3) is 5.91 Å². The van der Waals surface area contributed by atoms with Crippen LogP contribution in [0.4, 0.5) is 0 Å². The van der Waals surface area contributed by atoms with Crippen LogP contribution in [0.3, 0.4) is 0 Å². The number of aryl methyl sites for hydroxylation is 1. The van der Waals surface area contributed by atoms with E-state index in [2.05, 4.69) is 5.10 Å². The van der Waals surface area contributed by atoms with Gasteiger partial charge in [-0.1, -0.05) is 30.3 Å². The number of hydrogen-bond acceptors (Lipinski definition) is 5. The van der Waals surface area contributed by atoms with Gasteiger partial charge in [-0.3, -0.25) is 4.79 Å². The molecule has 5 rings (SSSR count). The molecule has 160 valence electrons. The SMILES string of the molecule is Cn1nc(C2CCCN(C(=O)C3COc4ccccc4O3)C2)n(-c2ccccc2)c1=O. The minimum atomic E-state index is -0.673. The molecule has 0 radical (unpaired) electrons. The van der Waals surface area contributed by atoms with Crippen LogP contribution >= 0.6 is 0 Å². The zero-order chi connectivity index (χ0) is 21.4. The molecule has 2 aromatic carbocycles. The van der Waals surface area contributed by atoms with Gasteiger partial charge in [-0.2, -0.15) is 5.10 Å². The summed E-state index contributed by atoms with van der Waals surface area (Å²) in [5, 5.41) is 4.52. The van der Waals surface area contributed by atoms with Crippen LogP contribution in [-0.4, -0.2) is 51.0 Å². The van der Waals surface area contributed by atoms with Crippen molar-refractivity contribution >= 4 is 5.91 Å². The number of aromatic nitrogens is 3. The number of piperidine rings is 1. The van der Waals surface area contributed by atoms with Crippen molar-refractivity contribution in [3.05, 3.63) is 70.9 Å². The molecule has 2 unspecified atom stereocenters. The average molecular weight is 420 g/mol. The first-order valence-corrected chi connectivity index (χ1v) is 10.5. The predicted molar refractivity (Wildman–Crippen MR) is 114 cm³/mol. The van der Waals surface area contributed by atoms with Crippen LogP contribution in [0.1, 0.15) is 24.6 Å². The van der Waals surface area contributed by atoms with E-state index >= 15 is 0 Å². The lowest BCUT2D eigenvalue weighted by molar-refractivity contribution is -0.142. The van der Waals surface area contributed by atoms with Crippen LogP contribution in [0.25, 0.3) is 5.69 Å². The van der Waals surface area contributed by atoms with Crippen molar-refractivity contribution in [2.75, 3.05) is 19.7 Å². The van der Waals surface area contributed by atoms with Gasteiger partial charge in [-0.05, 0) is 37.1 Å². The first kappa shape index (κ1) is 19.4. The second-order valence-corrected chi connectivity index (χ2v) is 7.92. The number of rotatable bonds is 3. The maximum absolute atomic E-state index is 13.2. The summed E-state index contributed by atoms with van der Waals surface area (Å²) in [6.07, 6.45) is 1.02. The lowest BCUT2D eigenvalue weighted by atomic mass is 9.96. The van der Waals surface area contributed by atoms with E-state index in [0.29, 0.717) is 30.4 Å². The molecule has 1 amide bonds. The highest BCUT2D eigenvalue weighted by molar-refractivity contribution is 5.82. The van der Waals surface area contributed by atoms with Crippen molar-refractivity contribution in [2.45, 2.75) is 24.9 Å². The molecule has 1 fully saturated rings. The standard InChI is InChI=1S/C23H24N4O4/c1-25-23(29)27(17-9-3-2-4-10-17)21(24-25)16-8-7-13-26(14-16)22(28)20-15-30-18-11-5-6-12-19(18)31-20/h2-6,9-12,16,20H,7-8,13-15H2,1H3. The van der Waals surface area contributed by atoms with Gasteiger partial charge in [0.1, 0.15) is 12.4 Å². The zero-order valence-electron chi connectivity index (χ0n) is 17.3. The Hall–Kier alpha value is -3.55. The van der Waals surface area contributed by atoms with Gasteiger partial charge in [-0.25, -0.2) is 14.0 Å². The van der Waals surface area contributed by atoms with Gasteiger partial charge in [0.15, 0.2) is 11.5 Å². The Balaban J connectivity index is 1.38. The lowest BCUT2D eigenvalue weighted by Crippen LogP contribution is -2.49. The van der Waals surface area contributed by atoms with Gasteiger partial charge in [0.2, 0.25) is 6.10 Å². The van der Waals surface area contributed by atoms with E-state index in [1.807, 2.05) is 53.4 Å². The number of likely N-dealkylation sites (tertiary alicyclic amines) is 1. The van der Waals surface area contributed by atoms with Gasteiger partial charge in [-0.15, -0.1) is 0 Å². The van der Waals surface area contributed by atoms with Gasteiger partial charge >= 0.3 is 5.69 Å². The highest BCUT2D eigenvalue weighted by Crippen LogP contribution is 2.32. The fourth-order valence-corrected chi connectivity index (χ4v) is 4.30. The Bertz CT molecular complexity index is 1150. The molecule has 8 heteroatoms. The molecule has 2 atom stereocenters. The fourth-order valence-electron chi connectivity index (χ4n) is 4.30. The number of benzene rings is 2. The molecular weight excluding hydrogens is 396 g/mol. The molecule has 0 spiro atoms. The van der Waals surface area contributed by atoms with Crippen LogP contribution < -0.4 is 15.2 Å². The van der Waals surface area contributed by atoms with E-state index in [4.69, 9.17) is 9.47 Å². The third-order valence-electron chi connectivity index (χ3n) is 5.85. The number of ether oxygens (including phenoxy) is 2. The maximum Gasteiger partial charge on any atom is 0.350 e. The Kier molecular flexibility index (Phi) is 4.97. The van der Waals surface area contributed by atoms with E-state index < -0.39 is 6.10 Å². The maximum atomic E-state index is 13.2. The molecule has 0 bridgehead atoms. The van der Waals surface area contributed by atoms with Crippen molar-refractivity contribution in [3.8, 4) is 17.2 Å². The smallest absolute Gasteiger partial charge is 0.350 e. The molecule has 1 aromatic heterocycles. The summed E-state index contributed by atoms with van der Waals surface area (Å²) in [4.78, 5) is 27.8. The number of nitrogens with zero attached hydrogens (tertiary/aromatic N) is 4. The van der Waals surface area contributed by atoms with Gasteiger partial charge in [0.05, 0.1) is 5.69 Å². The van der Waals surface area contributed by atoms with E-state index in [0.717, 1.165) is 18.5 Å². The first-order chi connectivity index (χ1) is 15.1. The molecule has 2 aliphatic heterocycles. The second kappa shape index (κ2) is 7.94. The predicted octanol–water partition coefficient (Wildman–Crippen LogP) is 2.12. The third-order valence-corrected chi connectivity index (χ3v) is 5.85. The quantitative estimate of drug-likeness (QED) is 0.649. The summed E-state index contributed by atoms with van der Waals surface area (Å²) < 4.78 is 14.6. The molecule has 2 aliphatic rings. The summed E-state index contributed by atoms with van der Waals surface area (Å²) in [6, 6.07) is 16.9. The molecule has 31 heavy (non-hydrogen) atoms. The van der Waals surface area contributed by atoms with E-state index in [-0.39, 0.29) is 24.1 Å². The lowest BCUT2D eigenvalue weighted by Gasteiger charge is -2.35. The van der Waals surface area contributed by atoms with Crippen molar-refractivity contribution in [1.82, 2.24) is 19.2 Å². The molecular formula is C23H24N4O4. The molecule has 0 aliphatic carbocycles. The topological polar surface area (TPSA) is 78.6 Å². The van der Waals surface area contributed by atoms with Crippen molar-refractivity contribution in [2.24, 2.45) is 7.05 Å². The van der Waals surface area contributed by atoms with Crippen LogP contribution in [0.2, 0.25) is 0 Å². The number of fused-ring (bicyclic) bond motifs is 1. The summed E-state index contributed by atoms with van der Waals surface area (Å²) in [5.41, 5.74) is 0.588. The fraction of sp³-hybridized carbons (Fsp3) is 0.348. The second-order valence-electron chi connectivity index (χ2n) is 7.92. The van der Waals surface area contributed by atoms with Crippen LogP contribution in [0.5, 0.6) is 11.5 Å². The number of carbonyl (C=O) groups is 1. The first-order valence-electron chi connectivity index (χ1n) is 10.5. The number of para-hydroxylation sites is 3. The molecule has 8 nitrogen and oxygen atoms in total.